The Morgan fingerprint density at radius 3 is 2.60 bits per heavy atom. The molecule has 0 bridgehead atoms. The van der Waals surface area contributed by atoms with E-state index in [4.69, 9.17) is 16.7 Å². The second kappa shape index (κ2) is 5.49. The van der Waals surface area contributed by atoms with Gasteiger partial charge in [-0.05, 0) is 48.4 Å². The van der Waals surface area contributed by atoms with Crippen molar-refractivity contribution < 1.29 is 9.90 Å². The Labute approximate surface area is 123 Å². The molecule has 1 aromatic rings. The number of aliphatic carboxylic acids is 1. The number of benzene rings is 1. The van der Waals surface area contributed by atoms with Crippen LogP contribution in [0.15, 0.2) is 24.3 Å². The lowest BCUT2D eigenvalue weighted by Gasteiger charge is -2.21. The SMILES string of the molecule is O=C(O)/C=C/c1ccc(N2CC3CCCC3C2)c(Cl)c1. The molecule has 4 heteroatoms. The molecule has 1 aliphatic carbocycles. The van der Waals surface area contributed by atoms with E-state index < -0.39 is 5.97 Å². The summed E-state index contributed by atoms with van der Waals surface area (Å²) < 4.78 is 0. The molecule has 0 amide bonds. The van der Waals surface area contributed by atoms with E-state index in [1.807, 2.05) is 18.2 Å². The van der Waals surface area contributed by atoms with E-state index in [-0.39, 0.29) is 0 Å². The Hall–Kier alpha value is -1.48. The average molecular weight is 292 g/mol. The summed E-state index contributed by atoms with van der Waals surface area (Å²) in [6.07, 6.45) is 6.76. The van der Waals surface area contributed by atoms with Gasteiger partial charge in [-0.1, -0.05) is 24.1 Å². The number of fused-ring (bicyclic) bond motifs is 1. The topological polar surface area (TPSA) is 40.5 Å². The summed E-state index contributed by atoms with van der Waals surface area (Å²) in [6.45, 7) is 2.21. The smallest absolute Gasteiger partial charge is 0.328 e. The maximum Gasteiger partial charge on any atom is 0.328 e. The van der Waals surface area contributed by atoms with E-state index in [9.17, 15) is 4.79 Å². The number of rotatable bonds is 3. The number of carboxylic acid groups (broad SMARTS) is 1. The van der Waals surface area contributed by atoms with Crippen LogP contribution in [0.1, 0.15) is 24.8 Å². The number of anilines is 1. The fraction of sp³-hybridized carbons (Fsp3) is 0.438. The molecule has 1 N–H and O–H groups in total. The molecule has 2 aliphatic rings. The second-order valence-corrected chi connectivity index (χ2v) is 6.15. The molecule has 1 saturated carbocycles. The van der Waals surface area contributed by atoms with Crippen LogP contribution in [-0.4, -0.2) is 24.2 Å². The van der Waals surface area contributed by atoms with Crippen molar-refractivity contribution in [2.45, 2.75) is 19.3 Å². The molecule has 106 valence electrons. The molecule has 1 saturated heterocycles. The van der Waals surface area contributed by atoms with E-state index in [1.54, 1.807) is 6.08 Å². The molecule has 0 spiro atoms. The molecule has 3 nitrogen and oxygen atoms in total. The van der Waals surface area contributed by atoms with E-state index in [1.165, 1.54) is 19.3 Å². The predicted molar refractivity (Wildman–Crippen MR) is 81.2 cm³/mol. The predicted octanol–water partition coefficient (Wildman–Crippen LogP) is 3.67. The van der Waals surface area contributed by atoms with Gasteiger partial charge in [-0.15, -0.1) is 0 Å². The molecular formula is C16H18ClNO2. The van der Waals surface area contributed by atoms with Gasteiger partial charge in [0, 0.05) is 19.2 Å². The number of nitrogens with zero attached hydrogens (tertiary/aromatic N) is 1. The van der Waals surface area contributed by atoms with E-state index in [0.717, 1.165) is 42.3 Å². The highest BCUT2D eigenvalue weighted by molar-refractivity contribution is 6.33. The summed E-state index contributed by atoms with van der Waals surface area (Å²) in [6, 6.07) is 5.77. The van der Waals surface area contributed by atoms with Crippen LogP contribution in [0.4, 0.5) is 5.69 Å². The Morgan fingerprint density at radius 2 is 2.00 bits per heavy atom. The first-order valence-corrected chi connectivity index (χ1v) is 7.47. The third-order valence-corrected chi connectivity index (χ3v) is 4.76. The van der Waals surface area contributed by atoms with E-state index in [0.29, 0.717) is 5.02 Å². The molecule has 0 radical (unpaired) electrons. The Morgan fingerprint density at radius 1 is 1.30 bits per heavy atom. The van der Waals surface area contributed by atoms with Crippen LogP contribution in [-0.2, 0) is 4.79 Å². The standard InChI is InChI=1S/C16H18ClNO2/c17-14-8-11(5-7-16(19)20)4-6-15(14)18-9-12-2-1-3-13(12)10-18/h4-8,12-13H,1-3,9-10H2,(H,19,20)/b7-5+. The third kappa shape index (κ3) is 2.68. The number of hydrogen-bond acceptors (Lipinski definition) is 2. The second-order valence-electron chi connectivity index (χ2n) is 5.74. The summed E-state index contributed by atoms with van der Waals surface area (Å²) >= 11 is 6.36. The van der Waals surface area contributed by atoms with Gasteiger partial charge in [-0.25, -0.2) is 4.79 Å². The molecule has 3 rings (SSSR count). The van der Waals surface area contributed by atoms with Crippen molar-refractivity contribution in [3.05, 3.63) is 34.9 Å². The van der Waals surface area contributed by atoms with Crippen molar-refractivity contribution in [2.75, 3.05) is 18.0 Å². The molecule has 20 heavy (non-hydrogen) atoms. The fourth-order valence-corrected chi connectivity index (χ4v) is 3.79. The molecular weight excluding hydrogens is 274 g/mol. The summed E-state index contributed by atoms with van der Waals surface area (Å²) in [4.78, 5) is 12.9. The van der Waals surface area contributed by atoms with Crippen LogP contribution >= 0.6 is 11.6 Å². The molecule has 2 fully saturated rings. The van der Waals surface area contributed by atoms with Crippen LogP contribution < -0.4 is 4.90 Å². The Kier molecular flexibility index (Phi) is 3.70. The zero-order valence-corrected chi connectivity index (χ0v) is 12.0. The van der Waals surface area contributed by atoms with Crippen molar-refractivity contribution in [3.63, 3.8) is 0 Å². The Balaban J connectivity index is 1.76. The van der Waals surface area contributed by atoms with Crippen molar-refractivity contribution in [1.29, 1.82) is 0 Å². The number of carboxylic acids is 1. The number of carbonyl (C=O) groups is 1. The van der Waals surface area contributed by atoms with Gasteiger partial charge in [-0.2, -0.15) is 0 Å². The minimum absolute atomic E-state index is 0.706. The first-order chi connectivity index (χ1) is 9.63. The first kappa shape index (κ1) is 13.5. The molecule has 1 aromatic carbocycles. The maximum atomic E-state index is 10.5. The summed E-state index contributed by atoms with van der Waals surface area (Å²) in [5.41, 5.74) is 1.90. The van der Waals surface area contributed by atoms with E-state index >= 15 is 0 Å². The van der Waals surface area contributed by atoms with Crippen molar-refractivity contribution in [2.24, 2.45) is 11.8 Å². The van der Waals surface area contributed by atoms with E-state index in [2.05, 4.69) is 4.90 Å². The molecule has 2 unspecified atom stereocenters. The summed E-state index contributed by atoms with van der Waals surface area (Å²) in [5.74, 6) is 0.716. The molecule has 0 aromatic heterocycles. The van der Waals surface area contributed by atoms with Crippen LogP contribution in [0, 0.1) is 11.8 Å². The normalized spacial score (nSPS) is 25.4. The fourth-order valence-electron chi connectivity index (χ4n) is 3.48. The van der Waals surface area contributed by atoms with Crippen molar-refractivity contribution in [1.82, 2.24) is 0 Å². The molecule has 1 aliphatic heterocycles. The van der Waals surface area contributed by atoms with Gasteiger partial charge in [0.2, 0.25) is 0 Å². The highest BCUT2D eigenvalue weighted by Crippen LogP contribution is 2.41. The number of hydrogen-bond donors (Lipinski definition) is 1. The van der Waals surface area contributed by atoms with Crippen molar-refractivity contribution in [3.8, 4) is 0 Å². The molecule has 2 atom stereocenters. The average Bonchev–Trinajstić information content (AvgIpc) is 2.97. The zero-order valence-electron chi connectivity index (χ0n) is 11.3. The highest BCUT2D eigenvalue weighted by atomic mass is 35.5. The van der Waals surface area contributed by atoms with Crippen LogP contribution in [0.2, 0.25) is 5.02 Å². The molecule has 1 heterocycles. The van der Waals surface area contributed by atoms with Gasteiger partial charge >= 0.3 is 5.97 Å². The first-order valence-electron chi connectivity index (χ1n) is 7.09. The monoisotopic (exact) mass is 291 g/mol. The summed E-state index contributed by atoms with van der Waals surface area (Å²) in [7, 11) is 0. The lowest BCUT2D eigenvalue weighted by molar-refractivity contribution is -0.131. The van der Waals surface area contributed by atoms with Gasteiger partial charge < -0.3 is 10.0 Å². The lowest BCUT2D eigenvalue weighted by Crippen LogP contribution is -2.20. The number of halogens is 1. The zero-order chi connectivity index (χ0) is 14.1. The minimum Gasteiger partial charge on any atom is -0.478 e. The Bertz CT molecular complexity index is 543. The van der Waals surface area contributed by atoms with Crippen LogP contribution in [0.5, 0.6) is 0 Å². The highest BCUT2D eigenvalue weighted by Gasteiger charge is 2.36. The minimum atomic E-state index is -0.947. The van der Waals surface area contributed by atoms with Crippen LogP contribution in [0.25, 0.3) is 6.08 Å². The maximum absolute atomic E-state index is 10.5. The van der Waals surface area contributed by atoms with Crippen LogP contribution in [0.3, 0.4) is 0 Å². The van der Waals surface area contributed by atoms with Crippen molar-refractivity contribution >= 4 is 29.3 Å². The van der Waals surface area contributed by atoms with Gasteiger partial charge in [0.25, 0.3) is 0 Å². The van der Waals surface area contributed by atoms with Gasteiger partial charge in [0.1, 0.15) is 0 Å². The quantitative estimate of drug-likeness (QED) is 0.864. The van der Waals surface area contributed by atoms with Gasteiger partial charge in [0.15, 0.2) is 0 Å². The van der Waals surface area contributed by atoms with Gasteiger partial charge in [0.05, 0.1) is 10.7 Å². The summed E-state index contributed by atoms with van der Waals surface area (Å²) in [5, 5.41) is 9.34. The van der Waals surface area contributed by atoms with Gasteiger partial charge in [-0.3, -0.25) is 0 Å². The lowest BCUT2D eigenvalue weighted by atomic mass is 10.0. The third-order valence-electron chi connectivity index (χ3n) is 4.46. The largest absolute Gasteiger partial charge is 0.478 e.